The third kappa shape index (κ3) is 6.64. The maximum absolute atomic E-state index is 6.28. The van der Waals surface area contributed by atoms with E-state index in [0.717, 1.165) is 33.6 Å². The van der Waals surface area contributed by atoms with Crippen LogP contribution in [0.5, 0.6) is 23.0 Å². The van der Waals surface area contributed by atoms with Gasteiger partial charge in [-0.15, -0.1) is 0 Å². The summed E-state index contributed by atoms with van der Waals surface area (Å²) in [6.45, 7) is 0. The highest BCUT2D eigenvalue weighted by Crippen LogP contribution is 2.42. The van der Waals surface area contributed by atoms with Crippen LogP contribution in [-0.2, 0) is 0 Å². The predicted molar refractivity (Wildman–Crippen MR) is 148 cm³/mol. The van der Waals surface area contributed by atoms with Gasteiger partial charge in [-0.25, -0.2) is 0 Å². The highest BCUT2D eigenvalue weighted by atomic mass is 31.2. The highest BCUT2D eigenvalue weighted by Gasteiger charge is 2.22. The van der Waals surface area contributed by atoms with Crippen molar-refractivity contribution in [2.24, 2.45) is 0 Å². The van der Waals surface area contributed by atoms with Gasteiger partial charge in [-0.2, -0.15) is 0 Å². The molecule has 0 aliphatic rings. The lowest BCUT2D eigenvalue weighted by Crippen LogP contribution is -2.15. The van der Waals surface area contributed by atoms with E-state index in [1.807, 2.05) is 146 Å². The van der Waals surface area contributed by atoms with Crippen molar-refractivity contribution in [2.45, 2.75) is 0 Å². The lowest BCUT2D eigenvalue weighted by atomic mass is 10.3. The first kappa shape index (κ1) is 23.9. The Morgan fingerprint density at radius 3 is 0.722 bits per heavy atom. The van der Waals surface area contributed by atoms with Crippen molar-refractivity contribution in [1.29, 1.82) is 0 Å². The van der Waals surface area contributed by atoms with E-state index in [1.54, 1.807) is 0 Å². The molecule has 36 heavy (non-hydrogen) atoms. The van der Waals surface area contributed by atoms with Gasteiger partial charge in [-0.3, -0.25) is 0 Å². The van der Waals surface area contributed by atoms with Crippen LogP contribution in [0.3, 0.4) is 0 Å². The number of rotatable bonds is 10. The van der Waals surface area contributed by atoms with E-state index in [9.17, 15) is 0 Å². The molecule has 5 rings (SSSR count). The smallest absolute Gasteiger partial charge is 0.326 e. The molecule has 178 valence electrons. The molecule has 0 aliphatic carbocycles. The molecule has 0 aliphatic heterocycles. The van der Waals surface area contributed by atoms with Gasteiger partial charge in [-0.1, -0.05) is 72.8 Å². The van der Waals surface area contributed by atoms with Crippen LogP contribution >= 0.6 is 16.8 Å². The van der Waals surface area contributed by atoms with E-state index in [1.165, 1.54) is 0 Å². The minimum atomic E-state index is -1.41. The fourth-order valence-electron chi connectivity index (χ4n) is 3.25. The van der Waals surface area contributed by atoms with E-state index in [-0.39, 0.29) is 0 Å². The normalized spacial score (nSPS) is 10.7. The molecule has 0 atom stereocenters. The second kappa shape index (κ2) is 12.2. The van der Waals surface area contributed by atoms with Crippen molar-refractivity contribution < 1.29 is 18.1 Å². The molecule has 0 N–H and O–H groups in total. The lowest BCUT2D eigenvalue weighted by molar-refractivity contribution is 0.500. The Morgan fingerprint density at radius 1 is 0.278 bits per heavy atom. The molecule has 5 aromatic carbocycles. The maximum Gasteiger partial charge on any atom is 0.326 e. The molecule has 0 radical (unpaired) electrons. The van der Waals surface area contributed by atoms with Gasteiger partial charge in [0.15, 0.2) is 0 Å². The van der Waals surface area contributed by atoms with Crippen LogP contribution in [0.4, 0.5) is 0 Å². The third-order valence-electron chi connectivity index (χ3n) is 5.00. The van der Waals surface area contributed by atoms with Gasteiger partial charge in [0.05, 0.1) is 10.6 Å². The molecule has 0 heterocycles. The van der Waals surface area contributed by atoms with Crippen molar-refractivity contribution in [1.82, 2.24) is 0 Å². The Kier molecular flexibility index (Phi) is 8.11. The summed E-state index contributed by atoms with van der Waals surface area (Å²) in [6, 6.07) is 46.9. The van der Waals surface area contributed by atoms with Crippen LogP contribution in [0.15, 0.2) is 146 Å². The average molecular weight is 510 g/mol. The van der Waals surface area contributed by atoms with Crippen molar-refractivity contribution in [3.63, 3.8) is 0 Å². The van der Waals surface area contributed by atoms with Gasteiger partial charge in [0, 0.05) is 0 Å². The number of benzene rings is 5. The molecule has 5 aromatic rings. The van der Waals surface area contributed by atoms with Gasteiger partial charge in [0.1, 0.15) is 23.0 Å². The van der Waals surface area contributed by atoms with E-state index >= 15 is 0 Å². The summed E-state index contributed by atoms with van der Waals surface area (Å²) in [4.78, 5) is 0. The molecule has 0 saturated heterocycles. The summed E-state index contributed by atoms with van der Waals surface area (Å²) in [6.07, 6.45) is 0. The summed E-state index contributed by atoms with van der Waals surface area (Å²) in [7, 11) is -2.82. The summed E-state index contributed by atoms with van der Waals surface area (Å²) in [5.74, 6) is 3.02. The van der Waals surface area contributed by atoms with E-state index < -0.39 is 16.8 Å². The first-order valence-corrected chi connectivity index (χ1v) is 13.8. The van der Waals surface area contributed by atoms with Crippen molar-refractivity contribution in [2.75, 3.05) is 0 Å². The van der Waals surface area contributed by atoms with E-state index in [2.05, 4.69) is 0 Å². The molecular weight excluding hydrogens is 486 g/mol. The second-order valence-corrected chi connectivity index (χ2v) is 10.4. The zero-order valence-corrected chi connectivity index (χ0v) is 21.2. The monoisotopic (exact) mass is 510 g/mol. The largest absolute Gasteiger partial charge is 0.435 e. The van der Waals surface area contributed by atoms with Gasteiger partial charge in [0.25, 0.3) is 0 Å². The van der Waals surface area contributed by atoms with Crippen LogP contribution in [-0.4, -0.2) is 0 Å². The van der Waals surface area contributed by atoms with E-state index in [0.29, 0.717) is 0 Å². The molecular formula is C30H24O4P2. The third-order valence-corrected chi connectivity index (χ3v) is 7.94. The van der Waals surface area contributed by atoms with Crippen LogP contribution in [0.1, 0.15) is 0 Å². The molecule has 0 unspecified atom stereocenters. The molecule has 4 nitrogen and oxygen atoms in total. The summed E-state index contributed by atoms with van der Waals surface area (Å²) < 4.78 is 25.1. The first-order valence-electron chi connectivity index (χ1n) is 11.5. The first-order chi connectivity index (χ1) is 17.8. The lowest BCUT2D eigenvalue weighted by Gasteiger charge is -2.21. The van der Waals surface area contributed by atoms with E-state index in [4.69, 9.17) is 18.1 Å². The minimum absolute atomic E-state index is 0.755. The summed E-state index contributed by atoms with van der Waals surface area (Å²) in [5, 5.41) is 1.88. The average Bonchev–Trinajstić information content (AvgIpc) is 2.95. The molecule has 0 spiro atoms. The van der Waals surface area contributed by atoms with Crippen molar-refractivity contribution >= 4 is 27.4 Å². The number of para-hydroxylation sites is 4. The van der Waals surface area contributed by atoms with Crippen molar-refractivity contribution in [3.8, 4) is 23.0 Å². The van der Waals surface area contributed by atoms with Gasteiger partial charge < -0.3 is 18.1 Å². The molecule has 0 saturated carbocycles. The fourth-order valence-corrected chi connectivity index (χ4v) is 5.79. The minimum Gasteiger partial charge on any atom is -0.435 e. The van der Waals surface area contributed by atoms with Crippen LogP contribution in [0, 0.1) is 0 Å². The molecule has 0 aromatic heterocycles. The van der Waals surface area contributed by atoms with Gasteiger partial charge in [0.2, 0.25) is 0 Å². The van der Waals surface area contributed by atoms with Crippen LogP contribution in [0.2, 0.25) is 0 Å². The zero-order valence-electron chi connectivity index (χ0n) is 19.4. The zero-order chi connectivity index (χ0) is 24.4. The summed E-state index contributed by atoms with van der Waals surface area (Å²) >= 11 is 0. The number of hydrogen-bond donors (Lipinski definition) is 0. The Morgan fingerprint density at radius 2 is 0.500 bits per heavy atom. The van der Waals surface area contributed by atoms with Gasteiger partial charge >= 0.3 is 16.8 Å². The topological polar surface area (TPSA) is 36.9 Å². The van der Waals surface area contributed by atoms with Crippen LogP contribution < -0.4 is 28.7 Å². The predicted octanol–water partition coefficient (Wildman–Crippen LogP) is 7.88. The standard InChI is InChI=1S/C30H24O4P2/c1-5-13-25(14-6-1)31-35(32-26-15-7-2-8-16-26)29-21-23-30(24-22-29)36(33-27-17-9-3-10-18-27)34-28-19-11-4-12-20-28/h1-24H. The highest BCUT2D eigenvalue weighted by molar-refractivity contribution is 7.57. The Hall–Kier alpha value is -3.84. The Labute approximate surface area is 213 Å². The van der Waals surface area contributed by atoms with Crippen LogP contribution in [0.25, 0.3) is 0 Å². The molecule has 0 amide bonds. The molecule has 0 fully saturated rings. The maximum atomic E-state index is 6.28. The van der Waals surface area contributed by atoms with Crippen molar-refractivity contribution in [3.05, 3.63) is 146 Å². The molecule has 0 bridgehead atoms. The Balaban J connectivity index is 1.41. The Bertz CT molecular complexity index is 1130. The number of hydrogen-bond acceptors (Lipinski definition) is 4. The fraction of sp³-hybridized carbons (Fsp3) is 0. The second-order valence-electron chi connectivity index (χ2n) is 7.65. The quantitative estimate of drug-likeness (QED) is 0.179. The summed E-state index contributed by atoms with van der Waals surface area (Å²) in [5.41, 5.74) is 0. The van der Waals surface area contributed by atoms with Gasteiger partial charge in [-0.05, 0) is 72.8 Å². The molecule has 6 heteroatoms. The SMILES string of the molecule is c1ccc(OP(Oc2ccccc2)c2ccc(P(Oc3ccccc3)Oc3ccccc3)cc2)cc1.